The minimum absolute atomic E-state index is 0.0943. The van der Waals surface area contributed by atoms with Gasteiger partial charge in [0.25, 0.3) is 5.91 Å². The lowest BCUT2D eigenvalue weighted by molar-refractivity contribution is -0.0517. The first-order chi connectivity index (χ1) is 10.0. The van der Waals surface area contributed by atoms with E-state index in [2.05, 4.69) is 4.74 Å². The molecule has 0 bridgehead atoms. The van der Waals surface area contributed by atoms with Gasteiger partial charge in [-0.25, -0.2) is 0 Å². The maximum absolute atomic E-state index is 12.6. The van der Waals surface area contributed by atoms with E-state index in [4.69, 9.17) is 4.74 Å². The van der Waals surface area contributed by atoms with Gasteiger partial charge in [-0.05, 0) is 38.3 Å². The second kappa shape index (κ2) is 6.74. The van der Waals surface area contributed by atoms with Crippen molar-refractivity contribution in [2.24, 2.45) is 0 Å². The predicted octanol–water partition coefficient (Wildman–Crippen LogP) is 3.31. The van der Waals surface area contributed by atoms with Crippen molar-refractivity contribution in [3.63, 3.8) is 0 Å². The number of methoxy groups -OCH3 is 1. The molecule has 1 fully saturated rings. The SMILES string of the molecule is COc1cccc(C(=O)N2CCCCC2C)c1OC(F)F. The number of carbonyl (C=O) groups excluding carboxylic acids is 1. The molecule has 0 radical (unpaired) electrons. The number of rotatable bonds is 4. The summed E-state index contributed by atoms with van der Waals surface area (Å²) in [6, 6.07) is 4.67. The molecule has 1 heterocycles. The number of carbonyl (C=O) groups is 1. The highest BCUT2D eigenvalue weighted by atomic mass is 19.3. The van der Waals surface area contributed by atoms with Gasteiger partial charge < -0.3 is 14.4 Å². The van der Waals surface area contributed by atoms with E-state index < -0.39 is 6.61 Å². The molecule has 116 valence electrons. The topological polar surface area (TPSA) is 38.8 Å². The van der Waals surface area contributed by atoms with Crippen LogP contribution in [0.4, 0.5) is 8.78 Å². The van der Waals surface area contributed by atoms with Crippen LogP contribution in [-0.4, -0.2) is 37.1 Å². The Morgan fingerprint density at radius 2 is 2.14 bits per heavy atom. The molecule has 0 aromatic heterocycles. The van der Waals surface area contributed by atoms with E-state index in [-0.39, 0.29) is 29.0 Å². The molecule has 4 nitrogen and oxygen atoms in total. The van der Waals surface area contributed by atoms with Crippen LogP contribution in [0.3, 0.4) is 0 Å². The largest absolute Gasteiger partial charge is 0.493 e. The van der Waals surface area contributed by atoms with Crippen molar-refractivity contribution in [3.8, 4) is 11.5 Å². The monoisotopic (exact) mass is 299 g/mol. The van der Waals surface area contributed by atoms with E-state index in [1.165, 1.54) is 19.2 Å². The Balaban J connectivity index is 2.35. The van der Waals surface area contributed by atoms with Gasteiger partial charge in [0.1, 0.15) is 0 Å². The molecule has 0 aliphatic carbocycles. The third-order valence-corrected chi connectivity index (χ3v) is 3.70. The van der Waals surface area contributed by atoms with Crippen LogP contribution in [0.15, 0.2) is 18.2 Å². The number of nitrogens with zero attached hydrogens (tertiary/aromatic N) is 1. The zero-order valence-corrected chi connectivity index (χ0v) is 12.1. The number of alkyl halides is 2. The summed E-state index contributed by atoms with van der Waals surface area (Å²) in [5.41, 5.74) is 0.114. The van der Waals surface area contributed by atoms with E-state index >= 15 is 0 Å². The van der Waals surface area contributed by atoms with Gasteiger partial charge in [-0.3, -0.25) is 4.79 Å². The third kappa shape index (κ3) is 3.43. The van der Waals surface area contributed by atoms with Gasteiger partial charge in [0.2, 0.25) is 0 Å². The van der Waals surface area contributed by atoms with E-state index in [1.54, 1.807) is 11.0 Å². The van der Waals surface area contributed by atoms with Crippen molar-refractivity contribution >= 4 is 5.91 Å². The quantitative estimate of drug-likeness (QED) is 0.856. The first-order valence-corrected chi connectivity index (χ1v) is 6.97. The number of piperidine rings is 1. The molecule has 6 heteroatoms. The van der Waals surface area contributed by atoms with E-state index in [9.17, 15) is 13.6 Å². The second-order valence-electron chi connectivity index (χ2n) is 5.06. The average molecular weight is 299 g/mol. The lowest BCUT2D eigenvalue weighted by Crippen LogP contribution is -2.42. The molecular formula is C15H19F2NO3. The van der Waals surface area contributed by atoms with Gasteiger partial charge in [0.15, 0.2) is 11.5 Å². The van der Waals surface area contributed by atoms with Crippen molar-refractivity contribution < 1.29 is 23.0 Å². The van der Waals surface area contributed by atoms with Gasteiger partial charge >= 0.3 is 6.61 Å². The van der Waals surface area contributed by atoms with Crippen LogP contribution < -0.4 is 9.47 Å². The maximum atomic E-state index is 12.6. The van der Waals surface area contributed by atoms with Gasteiger partial charge in [-0.15, -0.1) is 0 Å². The van der Waals surface area contributed by atoms with Gasteiger partial charge in [-0.2, -0.15) is 8.78 Å². The maximum Gasteiger partial charge on any atom is 0.387 e. The molecule has 2 rings (SSSR count). The van der Waals surface area contributed by atoms with Gasteiger partial charge in [-0.1, -0.05) is 6.07 Å². The molecule has 1 unspecified atom stereocenters. The standard InChI is InChI=1S/C15H19F2NO3/c1-10-6-3-4-9-18(10)14(19)11-7-5-8-12(20-2)13(11)21-15(16)17/h5,7-8,10,15H,3-4,6,9H2,1-2H3. The number of hydrogen-bond donors (Lipinski definition) is 0. The van der Waals surface area contributed by atoms with Crippen molar-refractivity contribution in [2.45, 2.75) is 38.8 Å². The summed E-state index contributed by atoms with van der Waals surface area (Å²) in [6.45, 7) is -0.414. The molecule has 1 aromatic rings. The number of likely N-dealkylation sites (tertiary alicyclic amines) is 1. The van der Waals surface area contributed by atoms with Crippen LogP contribution in [0.5, 0.6) is 11.5 Å². The Kier molecular flexibility index (Phi) is 4.98. The predicted molar refractivity (Wildman–Crippen MR) is 74.0 cm³/mol. The number of ether oxygens (including phenoxy) is 2. The van der Waals surface area contributed by atoms with E-state index in [0.717, 1.165) is 19.3 Å². The smallest absolute Gasteiger partial charge is 0.387 e. The van der Waals surface area contributed by atoms with Crippen LogP contribution in [0.25, 0.3) is 0 Å². The van der Waals surface area contributed by atoms with Crippen LogP contribution in [-0.2, 0) is 0 Å². The lowest BCUT2D eigenvalue weighted by atomic mass is 10.0. The highest BCUT2D eigenvalue weighted by molar-refractivity contribution is 5.98. The van der Waals surface area contributed by atoms with Crippen molar-refractivity contribution in [3.05, 3.63) is 23.8 Å². The first kappa shape index (κ1) is 15.5. The normalized spacial score (nSPS) is 18.7. The van der Waals surface area contributed by atoms with Crippen LogP contribution >= 0.6 is 0 Å². The zero-order chi connectivity index (χ0) is 15.4. The summed E-state index contributed by atoms with van der Waals surface area (Å²) in [7, 11) is 1.35. The van der Waals surface area contributed by atoms with Crippen LogP contribution in [0.2, 0.25) is 0 Å². The Bertz CT molecular complexity index is 508. The van der Waals surface area contributed by atoms with Crippen LogP contribution in [0.1, 0.15) is 36.5 Å². The molecule has 1 amide bonds. The zero-order valence-electron chi connectivity index (χ0n) is 12.1. The van der Waals surface area contributed by atoms with Crippen molar-refractivity contribution in [1.29, 1.82) is 0 Å². The average Bonchev–Trinajstić information content (AvgIpc) is 2.46. The number of para-hydroxylation sites is 1. The number of benzene rings is 1. The fraction of sp³-hybridized carbons (Fsp3) is 0.533. The molecular weight excluding hydrogens is 280 g/mol. The minimum Gasteiger partial charge on any atom is -0.493 e. The fourth-order valence-electron chi connectivity index (χ4n) is 2.61. The minimum atomic E-state index is -3.01. The molecule has 0 saturated carbocycles. The van der Waals surface area contributed by atoms with E-state index in [1.807, 2.05) is 6.92 Å². The summed E-state index contributed by atoms with van der Waals surface area (Å²) < 4.78 is 34.7. The summed E-state index contributed by atoms with van der Waals surface area (Å²) >= 11 is 0. The molecule has 1 aromatic carbocycles. The Hall–Kier alpha value is -1.85. The molecule has 21 heavy (non-hydrogen) atoms. The fourth-order valence-corrected chi connectivity index (χ4v) is 2.61. The number of amides is 1. The highest BCUT2D eigenvalue weighted by Gasteiger charge is 2.28. The molecule has 1 aliphatic heterocycles. The van der Waals surface area contributed by atoms with Crippen molar-refractivity contribution in [2.75, 3.05) is 13.7 Å². The summed E-state index contributed by atoms with van der Waals surface area (Å²) in [6.07, 6.45) is 2.91. The molecule has 1 saturated heterocycles. The number of halogens is 2. The van der Waals surface area contributed by atoms with Crippen LogP contribution in [0, 0.1) is 0 Å². The Morgan fingerprint density at radius 1 is 1.38 bits per heavy atom. The molecule has 1 atom stereocenters. The number of hydrogen-bond acceptors (Lipinski definition) is 3. The highest BCUT2D eigenvalue weighted by Crippen LogP contribution is 2.34. The molecule has 0 N–H and O–H groups in total. The summed E-state index contributed by atoms with van der Waals surface area (Å²) in [5, 5.41) is 0. The lowest BCUT2D eigenvalue weighted by Gasteiger charge is -2.33. The van der Waals surface area contributed by atoms with Crippen molar-refractivity contribution in [1.82, 2.24) is 4.90 Å². The summed E-state index contributed by atoms with van der Waals surface area (Å²) in [4.78, 5) is 14.3. The second-order valence-corrected chi connectivity index (χ2v) is 5.06. The van der Waals surface area contributed by atoms with Gasteiger partial charge in [0.05, 0.1) is 12.7 Å². The molecule has 1 aliphatic rings. The third-order valence-electron chi connectivity index (χ3n) is 3.70. The molecule has 0 spiro atoms. The van der Waals surface area contributed by atoms with E-state index in [0.29, 0.717) is 6.54 Å². The first-order valence-electron chi connectivity index (χ1n) is 6.97. The Morgan fingerprint density at radius 3 is 2.76 bits per heavy atom. The Labute approximate surface area is 122 Å². The summed E-state index contributed by atoms with van der Waals surface area (Å²) in [5.74, 6) is -0.361. The van der Waals surface area contributed by atoms with Gasteiger partial charge in [0, 0.05) is 12.6 Å².